The number of aromatic nitrogens is 3. The molecule has 0 atom stereocenters. The smallest absolute Gasteiger partial charge is 0.191 e. The van der Waals surface area contributed by atoms with Crippen LogP contribution < -0.4 is 0 Å². The SMILES string of the molecule is Cc1cc(C)cc(CSc2nnc(CO)n2C2CC2)c1. The van der Waals surface area contributed by atoms with Crippen LogP contribution in [0, 0.1) is 13.8 Å². The molecule has 0 unspecified atom stereocenters. The molecule has 1 aliphatic carbocycles. The van der Waals surface area contributed by atoms with Crippen molar-refractivity contribution in [2.24, 2.45) is 0 Å². The van der Waals surface area contributed by atoms with Crippen molar-refractivity contribution in [1.29, 1.82) is 0 Å². The Balaban J connectivity index is 1.76. The summed E-state index contributed by atoms with van der Waals surface area (Å²) in [6.45, 7) is 4.21. The zero-order chi connectivity index (χ0) is 14.1. The molecule has 2 aromatic rings. The van der Waals surface area contributed by atoms with Crippen molar-refractivity contribution < 1.29 is 5.11 Å². The van der Waals surface area contributed by atoms with Crippen LogP contribution in [-0.4, -0.2) is 19.9 Å². The molecule has 4 nitrogen and oxygen atoms in total. The second-order valence-corrected chi connectivity index (χ2v) is 6.39. The van der Waals surface area contributed by atoms with E-state index < -0.39 is 0 Å². The van der Waals surface area contributed by atoms with Gasteiger partial charge in [0, 0.05) is 11.8 Å². The second-order valence-electron chi connectivity index (χ2n) is 5.44. The summed E-state index contributed by atoms with van der Waals surface area (Å²) in [6.07, 6.45) is 2.34. The monoisotopic (exact) mass is 289 g/mol. The summed E-state index contributed by atoms with van der Waals surface area (Å²) in [5.74, 6) is 1.58. The number of aryl methyl sites for hydroxylation is 2. The molecule has 1 aromatic heterocycles. The fourth-order valence-corrected chi connectivity index (χ4v) is 3.47. The number of aliphatic hydroxyl groups excluding tert-OH is 1. The van der Waals surface area contributed by atoms with E-state index in [0.29, 0.717) is 11.9 Å². The van der Waals surface area contributed by atoms with Crippen molar-refractivity contribution in [2.45, 2.75) is 50.2 Å². The number of rotatable bonds is 5. The van der Waals surface area contributed by atoms with E-state index in [1.54, 1.807) is 11.8 Å². The fourth-order valence-electron chi connectivity index (χ4n) is 2.51. The zero-order valence-corrected chi connectivity index (χ0v) is 12.7. The van der Waals surface area contributed by atoms with Crippen LogP contribution in [0.1, 0.15) is 41.4 Å². The molecule has 0 saturated heterocycles. The molecule has 20 heavy (non-hydrogen) atoms. The van der Waals surface area contributed by atoms with Gasteiger partial charge < -0.3 is 9.67 Å². The minimum Gasteiger partial charge on any atom is -0.388 e. The van der Waals surface area contributed by atoms with Gasteiger partial charge in [-0.25, -0.2) is 0 Å². The van der Waals surface area contributed by atoms with E-state index in [1.807, 2.05) is 0 Å². The maximum absolute atomic E-state index is 9.33. The van der Waals surface area contributed by atoms with Gasteiger partial charge in [-0.3, -0.25) is 0 Å². The summed E-state index contributed by atoms with van der Waals surface area (Å²) >= 11 is 1.70. The topological polar surface area (TPSA) is 50.9 Å². The van der Waals surface area contributed by atoms with Gasteiger partial charge in [-0.1, -0.05) is 41.1 Å². The first-order valence-corrected chi connectivity index (χ1v) is 7.90. The first kappa shape index (κ1) is 13.6. The molecule has 0 radical (unpaired) electrons. The number of nitrogens with zero attached hydrogens (tertiary/aromatic N) is 3. The van der Waals surface area contributed by atoms with Crippen LogP contribution in [0.5, 0.6) is 0 Å². The van der Waals surface area contributed by atoms with Gasteiger partial charge in [-0.15, -0.1) is 10.2 Å². The van der Waals surface area contributed by atoms with E-state index >= 15 is 0 Å². The molecule has 0 bridgehead atoms. The molecule has 1 heterocycles. The summed E-state index contributed by atoms with van der Waals surface area (Å²) in [6, 6.07) is 7.11. The van der Waals surface area contributed by atoms with Crippen molar-refractivity contribution in [1.82, 2.24) is 14.8 Å². The molecule has 0 aliphatic heterocycles. The average molecular weight is 289 g/mol. The van der Waals surface area contributed by atoms with Crippen LogP contribution >= 0.6 is 11.8 Å². The summed E-state index contributed by atoms with van der Waals surface area (Å²) < 4.78 is 2.10. The van der Waals surface area contributed by atoms with E-state index in [2.05, 4.69) is 46.8 Å². The summed E-state index contributed by atoms with van der Waals surface area (Å²) in [7, 11) is 0. The van der Waals surface area contributed by atoms with Gasteiger partial charge in [-0.2, -0.15) is 0 Å². The Bertz CT molecular complexity index is 599. The van der Waals surface area contributed by atoms with E-state index in [9.17, 15) is 5.11 Å². The Labute approximate surface area is 123 Å². The highest BCUT2D eigenvalue weighted by molar-refractivity contribution is 7.98. The number of aliphatic hydroxyl groups is 1. The van der Waals surface area contributed by atoms with E-state index in [4.69, 9.17) is 0 Å². The number of benzene rings is 1. The van der Waals surface area contributed by atoms with Crippen molar-refractivity contribution in [3.63, 3.8) is 0 Å². The Morgan fingerprint density at radius 1 is 1.20 bits per heavy atom. The highest BCUT2D eigenvalue weighted by Crippen LogP contribution is 2.39. The van der Waals surface area contributed by atoms with Crippen LogP contribution in [0.4, 0.5) is 0 Å². The molecule has 0 amide bonds. The van der Waals surface area contributed by atoms with Crippen molar-refractivity contribution in [3.8, 4) is 0 Å². The van der Waals surface area contributed by atoms with E-state index in [0.717, 1.165) is 10.9 Å². The summed E-state index contributed by atoms with van der Waals surface area (Å²) in [5.41, 5.74) is 3.89. The average Bonchev–Trinajstić information content (AvgIpc) is 3.15. The van der Waals surface area contributed by atoms with Gasteiger partial charge >= 0.3 is 0 Å². The minimum atomic E-state index is -0.0341. The third kappa shape index (κ3) is 2.88. The number of thioether (sulfide) groups is 1. The fraction of sp³-hybridized carbons (Fsp3) is 0.467. The first-order chi connectivity index (χ1) is 9.67. The van der Waals surface area contributed by atoms with Crippen LogP contribution in [0.2, 0.25) is 0 Å². The predicted molar refractivity (Wildman–Crippen MR) is 79.7 cm³/mol. The Morgan fingerprint density at radius 3 is 2.50 bits per heavy atom. The molecule has 5 heteroatoms. The van der Waals surface area contributed by atoms with E-state index in [1.165, 1.54) is 29.5 Å². The predicted octanol–water partition coefficient (Wildman–Crippen LogP) is 3.01. The van der Waals surface area contributed by atoms with Gasteiger partial charge in [0.05, 0.1) is 0 Å². The summed E-state index contributed by atoms with van der Waals surface area (Å²) in [4.78, 5) is 0. The van der Waals surface area contributed by atoms with E-state index in [-0.39, 0.29) is 6.61 Å². The lowest BCUT2D eigenvalue weighted by Gasteiger charge is -2.08. The van der Waals surface area contributed by atoms with Crippen molar-refractivity contribution in [3.05, 3.63) is 40.7 Å². The van der Waals surface area contributed by atoms with Crippen molar-refractivity contribution in [2.75, 3.05) is 0 Å². The lowest BCUT2D eigenvalue weighted by molar-refractivity contribution is 0.263. The molecule has 1 aromatic carbocycles. The van der Waals surface area contributed by atoms with Crippen LogP contribution in [-0.2, 0) is 12.4 Å². The molecule has 3 rings (SSSR count). The highest BCUT2D eigenvalue weighted by atomic mass is 32.2. The number of hydrogen-bond acceptors (Lipinski definition) is 4. The third-order valence-electron chi connectivity index (χ3n) is 3.44. The Morgan fingerprint density at radius 2 is 1.90 bits per heavy atom. The minimum absolute atomic E-state index is 0.0341. The molecule has 1 saturated carbocycles. The number of hydrogen-bond donors (Lipinski definition) is 1. The molecule has 1 fully saturated rings. The van der Waals surface area contributed by atoms with Gasteiger partial charge in [0.25, 0.3) is 0 Å². The lowest BCUT2D eigenvalue weighted by atomic mass is 10.1. The van der Waals surface area contributed by atoms with Crippen LogP contribution in [0.3, 0.4) is 0 Å². The third-order valence-corrected chi connectivity index (χ3v) is 4.45. The molecule has 106 valence electrons. The Kier molecular flexibility index (Phi) is 3.81. The maximum Gasteiger partial charge on any atom is 0.191 e. The molecular formula is C15H19N3OS. The molecule has 1 aliphatic rings. The first-order valence-electron chi connectivity index (χ1n) is 6.92. The quantitative estimate of drug-likeness (QED) is 0.860. The standard InChI is InChI=1S/C15H19N3OS/c1-10-5-11(2)7-12(6-10)9-20-15-17-16-14(8-19)18(15)13-3-4-13/h5-7,13,19H,3-4,8-9H2,1-2H3. The normalized spacial score (nSPS) is 14.8. The lowest BCUT2D eigenvalue weighted by Crippen LogP contribution is -2.02. The van der Waals surface area contributed by atoms with Gasteiger partial charge in [0.1, 0.15) is 6.61 Å². The summed E-state index contributed by atoms with van der Waals surface area (Å²) in [5, 5.41) is 18.6. The van der Waals surface area contributed by atoms with Crippen LogP contribution in [0.25, 0.3) is 0 Å². The zero-order valence-electron chi connectivity index (χ0n) is 11.8. The molecule has 0 spiro atoms. The van der Waals surface area contributed by atoms with Crippen LogP contribution in [0.15, 0.2) is 23.4 Å². The van der Waals surface area contributed by atoms with Crippen molar-refractivity contribution >= 4 is 11.8 Å². The van der Waals surface area contributed by atoms with Gasteiger partial charge in [0.15, 0.2) is 11.0 Å². The second kappa shape index (κ2) is 5.58. The Hall–Kier alpha value is -1.33. The molecule has 1 N–H and O–H groups in total. The van der Waals surface area contributed by atoms with Gasteiger partial charge in [-0.05, 0) is 32.3 Å². The largest absolute Gasteiger partial charge is 0.388 e. The maximum atomic E-state index is 9.33. The van der Waals surface area contributed by atoms with Gasteiger partial charge in [0.2, 0.25) is 0 Å². The highest BCUT2D eigenvalue weighted by Gasteiger charge is 2.29. The molecular weight excluding hydrogens is 270 g/mol.